The van der Waals surface area contributed by atoms with Gasteiger partial charge in [-0.3, -0.25) is 0 Å². The molecule has 0 aliphatic carbocycles. The van der Waals surface area contributed by atoms with Gasteiger partial charge in [-0.15, -0.1) is 5.10 Å². The zero-order valence-electron chi connectivity index (χ0n) is 11.3. The SMILES string of the molecule is COc1ccc(-c2nnnn2C(C)C(=O)O)c(OC)c1. The van der Waals surface area contributed by atoms with Gasteiger partial charge in [-0.2, -0.15) is 0 Å². The van der Waals surface area contributed by atoms with Crippen LogP contribution in [0.4, 0.5) is 0 Å². The van der Waals surface area contributed by atoms with E-state index < -0.39 is 12.0 Å². The molecule has 2 rings (SSSR count). The van der Waals surface area contributed by atoms with Crippen LogP contribution in [0.2, 0.25) is 0 Å². The minimum Gasteiger partial charge on any atom is -0.497 e. The van der Waals surface area contributed by atoms with E-state index in [1.165, 1.54) is 18.7 Å². The van der Waals surface area contributed by atoms with Crippen molar-refractivity contribution < 1.29 is 19.4 Å². The highest BCUT2D eigenvalue weighted by molar-refractivity contribution is 5.73. The van der Waals surface area contributed by atoms with E-state index in [9.17, 15) is 4.79 Å². The van der Waals surface area contributed by atoms with Crippen molar-refractivity contribution in [2.45, 2.75) is 13.0 Å². The van der Waals surface area contributed by atoms with Gasteiger partial charge in [0.1, 0.15) is 11.5 Å². The highest BCUT2D eigenvalue weighted by Gasteiger charge is 2.22. The quantitative estimate of drug-likeness (QED) is 0.870. The second-order valence-electron chi connectivity index (χ2n) is 4.03. The summed E-state index contributed by atoms with van der Waals surface area (Å²) in [6.45, 7) is 1.50. The van der Waals surface area contributed by atoms with Crippen LogP contribution in [0.1, 0.15) is 13.0 Å². The number of aliphatic carboxylic acids is 1. The van der Waals surface area contributed by atoms with Gasteiger partial charge in [-0.05, 0) is 29.5 Å². The van der Waals surface area contributed by atoms with E-state index in [1.54, 1.807) is 25.3 Å². The largest absolute Gasteiger partial charge is 0.497 e. The molecule has 1 unspecified atom stereocenters. The van der Waals surface area contributed by atoms with Crippen LogP contribution >= 0.6 is 0 Å². The lowest BCUT2D eigenvalue weighted by Gasteiger charge is -2.12. The molecule has 0 fully saturated rings. The molecule has 8 heteroatoms. The maximum absolute atomic E-state index is 11.1. The number of carboxylic acids is 1. The van der Waals surface area contributed by atoms with Crippen molar-refractivity contribution in [2.75, 3.05) is 14.2 Å². The predicted octanol–water partition coefficient (Wildman–Crippen LogP) is 1.00. The normalized spacial score (nSPS) is 11.9. The van der Waals surface area contributed by atoms with Crippen molar-refractivity contribution in [2.24, 2.45) is 0 Å². The zero-order valence-corrected chi connectivity index (χ0v) is 11.3. The molecule has 1 aromatic heterocycles. The number of carbonyl (C=O) groups is 1. The van der Waals surface area contributed by atoms with E-state index in [4.69, 9.17) is 14.6 Å². The average molecular weight is 278 g/mol. The Morgan fingerprint density at radius 2 is 2.10 bits per heavy atom. The lowest BCUT2D eigenvalue weighted by molar-refractivity contribution is -0.140. The first-order chi connectivity index (χ1) is 9.58. The van der Waals surface area contributed by atoms with Gasteiger partial charge in [0.05, 0.1) is 19.8 Å². The summed E-state index contributed by atoms with van der Waals surface area (Å²) < 4.78 is 11.6. The minimum absolute atomic E-state index is 0.319. The van der Waals surface area contributed by atoms with Gasteiger partial charge in [0, 0.05) is 6.07 Å². The molecule has 2 aromatic rings. The van der Waals surface area contributed by atoms with Gasteiger partial charge < -0.3 is 14.6 Å². The molecule has 0 bridgehead atoms. The van der Waals surface area contributed by atoms with E-state index in [2.05, 4.69) is 15.5 Å². The van der Waals surface area contributed by atoms with Crippen molar-refractivity contribution in [1.29, 1.82) is 0 Å². The summed E-state index contributed by atoms with van der Waals surface area (Å²) in [4.78, 5) is 11.1. The van der Waals surface area contributed by atoms with Crippen LogP contribution in [0.5, 0.6) is 11.5 Å². The zero-order chi connectivity index (χ0) is 14.7. The first-order valence-corrected chi connectivity index (χ1v) is 5.81. The molecule has 1 atom stereocenters. The lowest BCUT2D eigenvalue weighted by Crippen LogP contribution is -2.18. The third kappa shape index (κ3) is 2.40. The Kier molecular flexibility index (Phi) is 3.83. The number of carboxylic acid groups (broad SMARTS) is 1. The van der Waals surface area contributed by atoms with Crippen LogP contribution in [-0.4, -0.2) is 45.5 Å². The molecule has 8 nitrogen and oxygen atoms in total. The summed E-state index contributed by atoms with van der Waals surface area (Å²) in [7, 11) is 3.05. The van der Waals surface area contributed by atoms with E-state index in [0.717, 1.165) is 0 Å². The summed E-state index contributed by atoms with van der Waals surface area (Å²) >= 11 is 0. The smallest absolute Gasteiger partial charge is 0.328 e. The van der Waals surface area contributed by atoms with E-state index in [-0.39, 0.29) is 0 Å². The lowest BCUT2D eigenvalue weighted by atomic mass is 10.1. The minimum atomic E-state index is -1.02. The van der Waals surface area contributed by atoms with Gasteiger partial charge in [0.2, 0.25) is 0 Å². The molecular weight excluding hydrogens is 264 g/mol. The molecule has 0 amide bonds. The third-order valence-corrected chi connectivity index (χ3v) is 2.87. The number of tetrazole rings is 1. The van der Waals surface area contributed by atoms with Crippen molar-refractivity contribution in [1.82, 2.24) is 20.2 Å². The van der Waals surface area contributed by atoms with Gasteiger partial charge in [0.25, 0.3) is 0 Å². The predicted molar refractivity (Wildman–Crippen MR) is 68.7 cm³/mol. The maximum Gasteiger partial charge on any atom is 0.328 e. The number of hydrogen-bond donors (Lipinski definition) is 1. The summed E-state index contributed by atoms with van der Waals surface area (Å²) in [5, 5.41) is 20.2. The van der Waals surface area contributed by atoms with Gasteiger partial charge in [-0.25, -0.2) is 9.48 Å². The Morgan fingerprint density at radius 3 is 2.70 bits per heavy atom. The highest BCUT2D eigenvalue weighted by Crippen LogP contribution is 2.32. The van der Waals surface area contributed by atoms with Crippen LogP contribution in [0.25, 0.3) is 11.4 Å². The number of aromatic nitrogens is 4. The maximum atomic E-state index is 11.1. The molecule has 0 spiro atoms. The molecule has 20 heavy (non-hydrogen) atoms. The fourth-order valence-corrected chi connectivity index (χ4v) is 1.72. The topological polar surface area (TPSA) is 99.4 Å². The summed E-state index contributed by atoms with van der Waals surface area (Å²) in [6.07, 6.45) is 0. The second-order valence-corrected chi connectivity index (χ2v) is 4.03. The molecule has 106 valence electrons. The summed E-state index contributed by atoms with van der Waals surface area (Å²) in [5.41, 5.74) is 0.589. The number of rotatable bonds is 5. The van der Waals surface area contributed by atoms with Crippen LogP contribution in [0, 0.1) is 0 Å². The molecule has 0 aliphatic heterocycles. The summed E-state index contributed by atoms with van der Waals surface area (Å²) in [5.74, 6) is 0.416. The number of nitrogens with zero attached hydrogens (tertiary/aromatic N) is 4. The van der Waals surface area contributed by atoms with Crippen LogP contribution < -0.4 is 9.47 Å². The van der Waals surface area contributed by atoms with Gasteiger partial charge in [-0.1, -0.05) is 0 Å². The van der Waals surface area contributed by atoms with Crippen molar-refractivity contribution in [3.8, 4) is 22.9 Å². The molecule has 0 radical (unpaired) electrons. The monoisotopic (exact) mass is 278 g/mol. The Bertz CT molecular complexity index is 626. The first kappa shape index (κ1) is 13.8. The Hall–Kier alpha value is -2.64. The Morgan fingerprint density at radius 1 is 1.35 bits per heavy atom. The Labute approximate surface area is 114 Å². The van der Waals surface area contributed by atoms with Crippen molar-refractivity contribution in [3.63, 3.8) is 0 Å². The molecule has 0 aliphatic rings. The van der Waals surface area contributed by atoms with E-state index in [0.29, 0.717) is 22.9 Å². The van der Waals surface area contributed by atoms with E-state index >= 15 is 0 Å². The van der Waals surface area contributed by atoms with Gasteiger partial charge in [0.15, 0.2) is 11.9 Å². The van der Waals surface area contributed by atoms with E-state index in [1.807, 2.05) is 0 Å². The van der Waals surface area contributed by atoms with Crippen LogP contribution in [0.3, 0.4) is 0 Å². The summed E-state index contributed by atoms with van der Waals surface area (Å²) in [6, 6.07) is 4.24. The highest BCUT2D eigenvalue weighted by atomic mass is 16.5. The molecule has 1 heterocycles. The van der Waals surface area contributed by atoms with Crippen molar-refractivity contribution in [3.05, 3.63) is 18.2 Å². The number of benzene rings is 1. The van der Waals surface area contributed by atoms with Crippen LogP contribution in [0.15, 0.2) is 18.2 Å². The third-order valence-electron chi connectivity index (χ3n) is 2.87. The average Bonchev–Trinajstić information content (AvgIpc) is 2.94. The molecule has 0 saturated carbocycles. The standard InChI is InChI=1S/C12H14N4O4/c1-7(12(17)18)16-11(13-14-15-16)9-5-4-8(19-2)6-10(9)20-3/h4-7H,1-3H3,(H,17,18). The molecule has 1 N–H and O–H groups in total. The molecule has 0 saturated heterocycles. The fourth-order valence-electron chi connectivity index (χ4n) is 1.72. The van der Waals surface area contributed by atoms with Crippen LogP contribution in [-0.2, 0) is 4.79 Å². The number of hydrogen-bond acceptors (Lipinski definition) is 6. The number of methoxy groups -OCH3 is 2. The van der Waals surface area contributed by atoms with Gasteiger partial charge >= 0.3 is 5.97 Å². The fraction of sp³-hybridized carbons (Fsp3) is 0.333. The van der Waals surface area contributed by atoms with Crippen molar-refractivity contribution >= 4 is 5.97 Å². The Balaban J connectivity index is 2.52. The molecular formula is C12H14N4O4. The second kappa shape index (κ2) is 5.55. The molecule has 1 aromatic carbocycles. The number of ether oxygens (including phenoxy) is 2. The first-order valence-electron chi connectivity index (χ1n) is 5.81.